The quantitative estimate of drug-likeness (QED) is 0.202. The van der Waals surface area contributed by atoms with Crippen LogP contribution in [-0.2, 0) is 4.79 Å². The first-order valence-electron chi connectivity index (χ1n) is 2.06. The van der Waals surface area contributed by atoms with Crippen molar-refractivity contribution in [1.29, 1.82) is 0 Å². The van der Waals surface area contributed by atoms with Crippen molar-refractivity contribution in [3.05, 3.63) is 0 Å². The van der Waals surface area contributed by atoms with Gasteiger partial charge in [0.1, 0.15) is 6.04 Å². The van der Waals surface area contributed by atoms with E-state index < -0.39 is 10.2 Å². The van der Waals surface area contributed by atoms with Gasteiger partial charge in [0.25, 0.3) is 0 Å². The molecule has 0 saturated carbocycles. The third-order valence-corrected chi connectivity index (χ3v) is 1.80. The van der Waals surface area contributed by atoms with Crippen LogP contribution < -0.4 is 11.1 Å². The topological polar surface area (TPSA) is 55.1 Å². The molecule has 8 heavy (non-hydrogen) atoms. The number of thiol groups is 2. The summed E-state index contributed by atoms with van der Waals surface area (Å²) in [5, 5.41) is 2.40. The average molecular weight is 150 g/mol. The lowest BCUT2D eigenvalue weighted by molar-refractivity contribution is -0.128. The fraction of sp³-hybridized carbons (Fsp3) is 0.667. The lowest BCUT2D eigenvalue weighted by Gasteiger charge is -2.39. The van der Waals surface area contributed by atoms with E-state index in [0.29, 0.717) is 0 Å². The molecular formula is C3H6N2OS2. The maximum Gasteiger partial charge on any atom is 0.242 e. The summed E-state index contributed by atoms with van der Waals surface area (Å²) >= 11 is 7.81. The van der Waals surface area contributed by atoms with Gasteiger partial charge in [0.05, 0.1) is 0 Å². The molecule has 0 aromatic heterocycles. The molecule has 5 heteroatoms. The summed E-state index contributed by atoms with van der Waals surface area (Å²) in [5.74, 6) is -0.199. The zero-order valence-corrected chi connectivity index (χ0v) is 5.75. The number of β-lactam (4-membered cyclic amide) rings is 1. The van der Waals surface area contributed by atoms with Crippen LogP contribution >= 0.6 is 25.3 Å². The normalized spacial score (nSPS) is 33.4. The number of nitrogens with two attached hydrogens (primary N) is 1. The first-order chi connectivity index (χ1) is 3.54. The molecule has 1 heterocycles. The van der Waals surface area contributed by atoms with E-state index in [1.54, 1.807) is 0 Å². The maximum absolute atomic E-state index is 10.3. The number of nitrogens with one attached hydrogen (secondary N) is 1. The predicted molar refractivity (Wildman–Crippen MR) is 36.8 cm³/mol. The first kappa shape index (κ1) is 6.25. The summed E-state index contributed by atoms with van der Waals surface area (Å²) in [6.45, 7) is 0. The fourth-order valence-corrected chi connectivity index (χ4v) is 0.897. The summed E-state index contributed by atoms with van der Waals surface area (Å²) in [4.78, 5) is 10.3. The Morgan fingerprint density at radius 3 is 2.25 bits per heavy atom. The Hall–Kier alpha value is 0.130. The van der Waals surface area contributed by atoms with Crippen molar-refractivity contribution >= 4 is 31.2 Å². The van der Waals surface area contributed by atoms with E-state index in [4.69, 9.17) is 5.73 Å². The average Bonchev–Trinajstić information content (AvgIpc) is 1.65. The van der Waals surface area contributed by atoms with Gasteiger partial charge < -0.3 is 11.1 Å². The van der Waals surface area contributed by atoms with Crippen LogP contribution in [-0.4, -0.2) is 16.2 Å². The molecule has 1 rings (SSSR count). The highest BCUT2D eigenvalue weighted by molar-refractivity contribution is 8.00. The summed E-state index contributed by atoms with van der Waals surface area (Å²) in [5.41, 5.74) is 5.23. The van der Waals surface area contributed by atoms with Gasteiger partial charge in [-0.1, -0.05) is 0 Å². The van der Waals surface area contributed by atoms with Crippen molar-refractivity contribution in [1.82, 2.24) is 5.32 Å². The molecule has 0 bridgehead atoms. The van der Waals surface area contributed by atoms with Crippen LogP contribution in [0.4, 0.5) is 0 Å². The Bertz CT molecular complexity index is 135. The zero-order valence-electron chi connectivity index (χ0n) is 3.96. The Kier molecular flexibility index (Phi) is 1.21. The molecule has 0 aliphatic carbocycles. The van der Waals surface area contributed by atoms with Crippen LogP contribution in [0, 0.1) is 0 Å². The molecule has 1 unspecified atom stereocenters. The predicted octanol–water partition coefficient (Wildman–Crippen LogP) is -1.04. The van der Waals surface area contributed by atoms with Gasteiger partial charge in [0.15, 0.2) is 4.20 Å². The van der Waals surface area contributed by atoms with Crippen LogP contribution in [0.3, 0.4) is 0 Å². The SMILES string of the molecule is NC1C(=O)NC1(S)S. The third-order valence-electron chi connectivity index (χ3n) is 1.02. The van der Waals surface area contributed by atoms with Gasteiger partial charge in [-0.3, -0.25) is 4.79 Å². The van der Waals surface area contributed by atoms with Gasteiger partial charge in [-0.15, -0.1) is 25.3 Å². The van der Waals surface area contributed by atoms with E-state index in [9.17, 15) is 4.79 Å². The second kappa shape index (κ2) is 1.55. The van der Waals surface area contributed by atoms with Crippen molar-refractivity contribution < 1.29 is 4.79 Å². The lowest BCUT2D eigenvalue weighted by Crippen LogP contribution is -2.70. The van der Waals surface area contributed by atoms with Gasteiger partial charge in [0, 0.05) is 0 Å². The Morgan fingerprint density at radius 2 is 2.25 bits per heavy atom. The largest absolute Gasteiger partial charge is 0.330 e. The van der Waals surface area contributed by atoms with Crippen molar-refractivity contribution in [3.8, 4) is 0 Å². The van der Waals surface area contributed by atoms with Gasteiger partial charge in [-0.25, -0.2) is 0 Å². The lowest BCUT2D eigenvalue weighted by atomic mass is 10.2. The summed E-state index contributed by atoms with van der Waals surface area (Å²) in [6, 6.07) is -0.575. The molecule has 0 aromatic rings. The Balaban J connectivity index is 2.60. The molecule has 3 nitrogen and oxygen atoms in total. The van der Waals surface area contributed by atoms with Crippen molar-refractivity contribution in [2.75, 3.05) is 0 Å². The molecular weight excluding hydrogens is 144 g/mol. The summed E-state index contributed by atoms with van der Waals surface area (Å²) in [6.07, 6.45) is 0. The van der Waals surface area contributed by atoms with Crippen molar-refractivity contribution in [3.63, 3.8) is 0 Å². The van der Waals surface area contributed by atoms with Gasteiger partial charge in [0.2, 0.25) is 5.91 Å². The second-order valence-electron chi connectivity index (χ2n) is 1.69. The number of amides is 1. The number of carbonyl (C=O) groups excluding carboxylic acids is 1. The molecule has 3 N–H and O–H groups in total. The molecule has 1 saturated heterocycles. The number of carbonyl (C=O) groups is 1. The molecule has 1 aliphatic heterocycles. The minimum atomic E-state index is -0.781. The van der Waals surface area contributed by atoms with E-state index in [2.05, 4.69) is 30.6 Å². The molecule has 1 fully saturated rings. The van der Waals surface area contributed by atoms with Crippen LogP contribution in [0.25, 0.3) is 0 Å². The van der Waals surface area contributed by atoms with Crippen molar-refractivity contribution in [2.24, 2.45) is 5.73 Å². The number of rotatable bonds is 0. The highest BCUT2D eigenvalue weighted by atomic mass is 32.2. The second-order valence-corrected chi connectivity index (χ2v) is 3.46. The highest BCUT2D eigenvalue weighted by Crippen LogP contribution is 2.26. The van der Waals surface area contributed by atoms with E-state index in [-0.39, 0.29) is 5.91 Å². The highest BCUT2D eigenvalue weighted by Gasteiger charge is 2.45. The Labute approximate surface area is 57.8 Å². The monoisotopic (exact) mass is 150 g/mol. The number of hydrogen-bond donors (Lipinski definition) is 4. The molecule has 0 aromatic carbocycles. The smallest absolute Gasteiger partial charge is 0.242 e. The molecule has 1 amide bonds. The standard InChI is InChI=1S/C3H6N2OS2/c4-1-2(6)5-3(1,7)8/h1,7-8H,4H2,(H,5,6). The van der Waals surface area contributed by atoms with Crippen LogP contribution in [0.1, 0.15) is 0 Å². The van der Waals surface area contributed by atoms with Crippen molar-refractivity contribution in [2.45, 2.75) is 10.2 Å². The first-order valence-corrected chi connectivity index (χ1v) is 2.96. The summed E-state index contributed by atoms with van der Waals surface area (Å²) in [7, 11) is 0. The molecule has 46 valence electrons. The number of hydrogen-bond acceptors (Lipinski definition) is 4. The van der Waals surface area contributed by atoms with Gasteiger partial charge >= 0.3 is 0 Å². The maximum atomic E-state index is 10.3. The molecule has 0 radical (unpaired) electrons. The van der Waals surface area contributed by atoms with E-state index in [0.717, 1.165) is 0 Å². The van der Waals surface area contributed by atoms with Crippen LogP contribution in [0.2, 0.25) is 0 Å². The Morgan fingerprint density at radius 1 is 1.75 bits per heavy atom. The van der Waals surface area contributed by atoms with E-state index in [1.807, 2.05) is 0 Å². The fourth-order valence-electron chi connectivity index (χ4n) is 0.442. The van der Waals surface area contributed by atoms with E-state index >= 15 is 0 Å². The molecule has 1 atom stereocenters. The van der Waals surface area contributed by atoms with Crippen LogP contribution in [0.15, 0.2) is 0 Å². The minimum Gasteiger partial charge on any atom is -0.330 e. The van der Waals surface area contributed by atoms with Crippen LogP contribution in [0.5, 0.6) is 0 Å². The van der Waals surface area contributed by atoms with E-state index in [1.165, 1.54) is 0 Å². The van der Waals surface area contributed by atoms with Gasteiger partial charge in [-0.2, -0.15) is 0 Å². The zero-order chi connectivity index (χ0) is 6.36. The summed E-state index contributed by atoms with van der Waals surface area (Å²) < 4.78 is -0.781. The third kappa shape index (κ3) is 0.705. The van der Waals surface area contributed by atoms with Gasteiger partial charge in [-0.05, 0) is 0 Å². The minimum absolute atomic E-state index is 0.199. The molecule has 1 aliphatic rings. The molecule has 0 spiro atoms.